The summed E-state index contributed by atoms with van der Waals surface area (Å²) in [6.07, 6.45) is 11.8. The Bertz CT molecular complexity index is 958. The lowest BCUT2D eigenvalue weighted by atomic mass is 9.92. The Morgan fingerprint density at radius 2 is 1.63 bits per heavy atom. The van der Waals surface area contributed by atoms with E-state index in [4.69, 9.17) is 15.7 Å². The van der Waals surface area contributed by atoms with Crippen molar-refractivity contribution >= 4 is 66.1 Å². The molecule has 1 aliphatic rings. The molecule has 1 aliphatic carbocycles. The fourth-order valence-electron chi connectivity index (χ4n) is 3.55. The molecule has 4 rings (SSSR count). The molecule has 162 valence electrons. The van der Waals surface area contributed by atoms with Gasteiger partial charge in [0.25, 0.3) is 0 Å². The molecule has 0 spiro atoms. The lowest BCUT2D eigenvalue weighted by Gasteiger charge is -2.27. The second kappa shape index (κ2) is 12.1. The third kappa shape index (κ3) is 6.54. The van der Waals surface area contributed by atoms with Crippen molar-refractivity contribution in [3.05, 3.63) is 59.7 Å². The quantitative estimate of drug-likeness (QED) is 0.532. The average Bonchev–Trinajstić information content (AvgIpc) is 2.69. The van der Waals surface area contributed by atoms with Crippen molar-refractivity contribution in [3.8, 4) is 0 Å². The predicted octanol–water partition coefficient (Wildman–Crippen LogP) is 5.45. The number of nitrogens with two attached hydrogens (primary N) is 1. The van der Waals surface area contributed by atoms with Gasteiger partial charge in [0.1, 0.15) is 5.82 Å². The van der Waals surface area contributed by atoms with Gasteiger partial charge in [0.15, 0.2) is 5.82 Å². The molecular weight excluding hydrogens is 441 g/mol. The van der Waals surface area contributed by atoms with Gasteiger partial charge in [-0.2, -0.15) is 0 Å². The van der Waals surface area contributed by atoms with E-state index in [9.17, 15) is 0 Å². The molecule has 0 atom stereocenters. The Labute approximate surface area is 196 Å². The number of aromatic nitrogens is 3. The topological polar surface area (TPSA) is 76.7 Å². The number of halogens is 3. The summed E-state index contributed by atoms with van der Waals surface area (Å²) in [7, 11) is 0. The summed E-state index contributed by atoms with van der Waals surface area (Å²) in [4.78, 5) is 13.6. The summed E-state index contributed by atoms with van der Waals surface area (Å²) in [5.74, 6) is 1.62. The Hall–Kier alpha value is -1.92. The number of hydrogen-bond donors (Lipinski definition) is 2. The van der Waals surface area contributed by atoms with Gasteiger partial charge >= 0.3 is 0 Å². The number of rotatable bonds is 4. The SMILES string of the molecule is Cc1ccc2nc(/C=C\c3ccncc3)nc(NC3CCC(N)CC3)c2c1.Cl.Cl.Cl. The second-order valence-corrected chi connectivity index (χ2v) is 7.32. The van der Waals surface area contributed by atoms with Gasteiger partial charge < -0.3 is 11.1 Å². The Balaban J connectivity index is 0.00000150. The molecule has 0 unspecified atom stereocenters. The number of pyridine rings is 1. The monoisotopic (exact) mass is 467 g/mol. The van der Waals surface area contributed by atoms with Gasteiger partial charge in [-0.1, -0.05) is 17.7 Å². The lowest BCUT2D eigenvalue weighted by molar-refractivity contribution is 0.410. The van der Waals surface area contributed by atoms with Crippen molar-refractivity contribution in [2.75, 3.05) is 5.32 Å². The highest BCUT2D eigenvalue weighted by molar-refractivity contribution is 5.90. The number of anilines is 1. The van der Waals surface area contributed by atoms with Crippen LogP contribution in [0.15, 0.2) is 42.7 Å². The molecule has 0 saturated heterocycles. The van der Waals surface area contributed by atoms with Crippen LogP contribution in [-0.4, -0.2) is 27.0 Å². The summed E-state index contributed by atoms with van der Waals surface area (Å²) in [6, 6.07) is 11.0. The van der Waals surface area contributed by atoms with E-state index in [0.717, 1.165) is 48.0 Å². The van der Waals surface area contributed by atoms with E-state index < -0.39 is 0 Å². The number of aryl methyl sites for hydroxylation is 1. The van der Waals surface area contributed by atoms with Gasteiger partial charge in [0, 0.05) is 29.9 Å². The molecule has 0 amide bonds. The maximum absolute atomic E-state index is 6.05. The molecule has 0 radical (unpaired) electrons. The number of hydrogen-bond acceptors (Lipinski definition) is 5. The van der Waals surface area contributed by atoms with Crippen molar-refractivity contribution in [1.82, 2.24) is 15.0 Å². The molecule has 3 N–H and O–H groups in total. The highest BCUT2D eigenvalue weighted by Crippen LogP contribution is 2.26. The first-order chi connectivity index (χ1) is 13.2. The Morgan fingerprint density at radius 3 is 2.33 bits per heavy atom. The summed E-state index contributed by atoms with van der Waals surface area (Å²) >= 11 is 0. The van der Waals surface area contributed by atoms with Gasteiger partial charge in [-0.25, -0.2) is 9.97 Å². The molecule has 1 saturated carbocycles. The molecule has 3 aromatic rings. The van der Waals surface area contributed by atoms with Crippen LogP contribution in [0.4, 0.5) is 5.82 Å². The summed E-state index contributed by atoms with van der Waals surface area (Å²) in [5, 5.41) is 4.73. The maximum atomic E-state index is 6.05. The fourth-order valence-corrected chi connectivity index (χ4v) is 3.55. The molecule has 0 aliphatic heterocycles. The number of benzene rings is 1. The molecular formula is C22H28Cl3N5. The van der Waals surface area contributed by atoms with Crippen molar-refractivity contribution in [3.63, 3.8) is 0 Å². The van der Waals surface area contributed by atoms with E-state index >= 15 is 0 Å². The normalized spacial score (nSPS) is 18.2. The minimum Gasteiger partial charge on any atom is -0.367 e. The second-order valence-electron chi connectivity index (χ2n) is 7.32. The standard InChI is InChI=1S/C22H25N5.3ClH/c1-15-2-8-20-19(14-15)22(25-18-6-4-17(23)5-7-18)27-21(26-20)9-3-16-10-12-24-13-11-16;;;/h2-3,8-14,17-18H,4-7,23H2,1H3,(H,25,26,27);3*1H/b9-3-;;;. The van der Waals surface area contributed by atoms with Crippen molar-refractivity contribution in [1.29, 1.82) is 0 Å². The number of fused-ring (bicyclic) bond motifs is 1. The lowest BCUT2D eigenvalue weighted by Crippen LogP contribution is -2.33. The minimum atomic E-state index is 0. The van der Waals surface area contributed by atoms with Gasteiger partial charge in [0.2, 0.25) is 0 Å². The Kier molecular flexibility index (Phi) is 10.5. The third-order valence-corrected chi connectivity index (χ3v) is 5.11. The number of nitrogens with zero attached hydrogens (tertiary/aromatic N) is 3. The van der Waals surface area contributed by atoms with E-state index in [1.807, 2.05) is 24.3 Å². The van der Waals surface area contributed by atoms with Crippen LogP contribution >= 0.6 is 37.2 Å². The van der Waals surface area contributed by atoms with E-state index in [1.165, 1.54) is 5.56 Å². The predicted molar refractivity (Wildman–Crippen MR) is 133 cm³/mol. The van der Waals surface area contributed by atoms with Crippen LogP contribution in [0.25, 0.3) is 23.1 Å². The number of nitrogens with one attached hydrogen (secondary N) is 1. The van der Waals surface area contributed by atoms with E-state index in [1.54, 1.807) is 12.4 Å². The molecule has 30 heavy (non-hydrogen) atoms. The maximum Gasteiger partial charge on any atom is 0.154 e. The zero-order valence-corrected chi connectivity index (χ0v) is 19.3. The van der Waals surface area contributed by atoms with E-state index in [-0.39, 0.29) is 37.2 Å². The van der Waals surface area contributed by atoms with Crippen LogP contribution in [0.2, 0.25) is 0 Å². The van der Waals surface area contributed by atoms with Crippen molar-refractivity contribution in [2.24, 2.45) is 5.73 Å². The van der Waals surface area contributed by atoms with Crippen molar-refractivity contribution in [2.45, 2.75) is 44.7 Å². The van der Waals surface area contributed by atoms with Crippen LogP contribution in [0.5, 0.6) is 0 Å². The summed E-state index contributed by atoms with van der Waals surface area (Å²) in [6.45, 7) is 2.10. The molecule has 5 nitrogen and oxygen atoms in total. The average molecular weight is 469 g/mol. The first-order valence-electron chi connectivity index (χ1n) is 9.56. The molecule has 1 fully saturated rings. The minimum absolute atomic E-state index is 0. The Morgan fingerprint density at radius 1 is 0.933 bits per heavy atom. The zero-order chi connectivity index (χ0) is 18.6. The molecule has 8 heteroatoms. The summed E-state index contributed by atoms with van der Waals surface area (Å²) in [5.41, 5.74) is 9.30. The highest BCUT2D eigenvalue weighted by atomic mass is 35.5. The smallest absolute Gasteiger partial charge is 0.154 e. The van der Waals surface area contributed by atoms with Crippen molar-refractivity contribution < 1.29 is 0 Å². The van der Waals surface area contributed by atoms with Gasteiger partial charge in [-0.05, 0) is 68.5 Å². The first kappa shape index (κ1) is 26.1. The van der Waals surface area contributed by atoms with Gasteiger partial charge in [-0.3, -0.25) is 4.98 Å². The third-order valence-electron chi connectivity index (χ3n) is 5.11. The molecule has 2 heterocycles. The van der Waals surface area contributed by atoms with E-state index in [0.29, 0.717) is 17.9 Å². The zero-order valence-electron chi connectivity index (χ0n) is 16.8. The van der Waals surface area contributed by atoms with Crippen LogP contribution < -0.4 is 11.1 Å². The van der Waals surface area contributed by atoms with E-state index in [2.05, 4.69) is 35.4 Å². The first-order valence-corrected chi connectivity index (χ1v) is 9.56. The van der Waals surface area contributed by atoms with Crippen LogP contribution in [-0.2, 0) is 0 Å². The molecule has 1 aromatic carbocycles. The fraction of sp³-hybridized carbons (Fsp3) is 0.318. The van der Waals surface area contributed by atoms with Crippen LogP contribution in [0, 0.1) is 6.92 Å². The summed E-state index contributed by atoms with van der Waals surface area (Å²) < 4.78 is 0. The van der Waals surface area contributed by atoms with Gasteiger partial charge in [-0.15, -0.1) is 37.2 Å². The van der Waals surface area contributed by atoms with Crippen LogP contribution in [0.3, 0.4) is 0 Å². The van der Waals surface area contributed by atoms with Gasteiger partial charge in [0.05, 0.1) is 5.52 Å². The molecule has 0 bridgehead atoms. The molecule has 2 aromatic heterocycles. The van der Waals surface area contributed by atoms with Crippen LogP contribution in [0.1, 0.15) is 42.6 Å². The highest BCUT2D eigenvalue weighted by Gasteiger charge is 2.19. The largest absolute Gasteiger partial charge is 0.367 e.